The quantitative estimate of drug-likeness (QED) is 0.541. The Balaban J connectivity index is 2.40. The number of hydrogen-bond donors (Lipinski definition) is 1. The van der Waals surface area contributed by atoms with E-state index in [2.05, 4.69) is 26.7 Å². The van der Waals surface area contributed by atoms with Crippen molar-refractivity contribution in [3.05, 3.63) is 37.0 Å². The van der Waals surface area contributed by atoms with Gasteiger partial charge in [0, 0.05) is 5.92 Å². The molecule has 3 atom stereocenters. The minimum absolute atomic E-state index is 0.199. The van der Waals surface area contributed by atoms with Crippen molar-refractivity contribution < 1.29 is 5.11 Å². The van der Waals surface area contributed by atoms with Gasteiger partial charge in [-0.2, -0.15) is 0 Å². The van der Waals surface area contributed by atoms with Crippen LogP contribution in [-0.2, 0) is 0 Å². The molecule has 1 N–H and O–H groups in total. The average Bonchev–Trinajstić information content (AvgIpc) is 2.14. The monoisotopic (exact) mass is 204 g/mol. The minimum Gasteiger partial charge on any atom is -0.385 e. The average molecular weight is 204 g/mol. The molecule has 0 aromatic carbocycles. The van der Waals surface area contributed by atoms with Crippen molar-refractivity contribution in [3.8, 4) is 0 Å². The zero-order chi connectivity index (χ0) is 11.3. The Labute approximate surface area is 92.2 Å². The number of hydrogen-bond acceptors (Lipinski definition) is 1. The van der Waals surface area contributed by atoms with E-state index in [-0.39, 0.29) is 11.3 Å². The molecule has 3 fully saturated rings. The highest BCUT2D eigenvalue weighted by Crippen LogP contribution is 2.58. The molecule has 0 aromatic heterocycles. The first-order chi connectivity index (χ1) is 6.91. The fourth-order valence-electron chi connectivity index (χ4n) is 3.47. The molecular formula is C14H20O. The van der Waals surface area contributed by atoms with E-state index in [1.807, 2.05) is 0 Å². The Bertz CT molecular complexity index is 341. The summed E-state index contributed by atoms with van der Waals surface area (Å²) in [5, 5.41) is 10.7. The summed E-state index contributed by atoms with van der Waals surface area (Å²) < 4.78 is 0. The summed E-state index contributed by atoms with van der Waals surface area (Å²) in [6, 6.07) is 0. The van der Waals surface area contributed by atoms with Gasteiger partial charge in [-0.15, -0.1) is 0 Å². The lowest BCUT2D eigenvalue weighted by molar-refractivity contribution is -0.0725. The third kappa shape index (κ3) is 1.41. The van der Waals surface area contributed by atoms with Gasteiger partial charge in [0.2, 0.25) is 0 Å². The Hall–Kier alpha value is -0.820. The van der Waals surface area contributed by atoms with E-state index in [4.69, 9.17) is 0 Å². The Morgan fingerprint density at radius 1 is 1.60 bits per heavy atom. The summed E-state index contributed by atoms with van der Waals surface area (Å²) in [5.41, 5.74) is 1.40. The molecule has 0 unspecified atom stereocenters. The van der Waals surface area contributed by atoms with Crippen molar-refractivity contribution in [1.29, 1.82) is 0 Å². The highest BCUT2D eigenvalue weighted by Gasteiger charge is 2.53. The molecule has 0 aromatic rings. The van der Waals surface area contributed by atoms with Crippen LogP contribution in [0.2, 0.25) is 0 Å². The van der Waals surface area contributed by atoms with Crippen molar-refractivity contribution in [2.24, 2.45) is 11.3 Å². The summed E-state index contributed by atoms with van der Waals surface area (Å²) >= 11 is 0. The maximum Gasteiger partial charge on any atom is 0.0960 e. The molecule has 0 amide bonds. The molecule has 0 spiro atoms. The minimum atomic E-state index is -0.774. The van der Waals surface area contributed by atoms with Crippen molar-refractivity contribution in [3.63, 3.8) is 0 Å². The van der Waals surface area contributed by atoms with Crippen molar-refractivity contribution in [1.82, 2.24) is 0 Å². The van der Waals surface area contributed by atoms with Crippen molar-refractivity contribution in [2.75, 3.05) is 0 Å². The third-order valence-electron chi connectivity index (χ3n) is 4.26. The van der Waals surface area contributed by atoms with Crippen LogP contribution in [0.5, 0.6) is 0 Å². The molecule has 15 heavy (non-hydrogen) atoms. The van der Waals surface area contributed by atoms with Gasteiger partial charge in [-0.25, -0.2) is 0 Å². The van der Waals surface area contributed by atoms with E-state index in [1.54, 1.807) is 6.08 Å². The highest BCUT2D eigenvalue weighted by atomic mass is 16.3. The van der Waals surface area contributed by atoms with E-state index in [9.17, 15) is 5.11 Å². The van der Waals surface area contributed by atoms with E-state index < -0.39 is 5.60 Å². The second-order valence-corrected chi connectivity index (χ2v) is 5.57. The molecular weight excluding hydrogens is 184 g/mol. The summed E-state index contributed by atoms with van der Waals surface area (Å²) in [5.74, 6) is 0.199. The molecule has 3 aliphatic rings. The van der Waals surface area contributed by atoms with Gasteiger partial charge in [0.1, 0.15) is 0 Å². The van der Waals surface area contributed by atoms with Crippen LogP contribution >= 0.6 is 0 Å². The molecule has 1 nitrogen and oxygen atoms in total. The van der Waals surface area contributed by atoms with Gasteiger partial charge in [0.25, 0.3) is 0 Å². The van der Waals surface area contributed by atoms with Crippen molar-refractivity contribution >= 4 is 0 Å². The lowest BCUT2D eigenvalue weighted by Gasteiger charge is -2.55. The normalized spacial score (nSPS) is 44.1. The van der Waals surface area contributed by atoms with Crippen molar-refractivity contribution in [2.45, 2.75) is 38.2 Å². The summed E-state index contributed by atoms with van der Waals surface area (Å²) in [7, 11) is 0. The predicted molar refractivity (Wildman–Crippen MR) is 63.5 cm³/mol. The van der Waals surface area contributed by atoms with E-state index in [0.29, 0.717) is 0 Å². The molecule has 3 rings (SSSR count). The van der Waals surface area contributed by atoms with Crippen LogP contribution in [0.15, 0.2) is 37.0 Å². The van der Waals surface area contributed by atoms with Crippen LogP contribution in [0.4, 0.5) is 0 Å². The summed E-state index contributed by atoms with van der Waals surface area (Å²) in [4.78, 5) is 0. The molecule has 0 saturated heterocycles. The van der Waals surface area contributed by atoms with Crippen LogP contribution in [-0.4, -0.2) is 10.7 Å². The molecule has 3 saturated carbocycles. The van der Waals surface area contributed by atoms with E-state index >= 15 is 0 Å². The van der Waals surface area contributed by atoms with Gasteiger partial charge in [-0.05, 0) is 36.7 Å². The number of aliphatic hydroxyl groups is 1. The first kappa shape index (κ1) is 10.7. The molecule has 0 radical (unpaired) electrons. The smallest absolute Gasteiger partial charge is 0.0960 e. The topological polar surface area (TPSA) is 20.2 Å². The fourth-order valence-corrected chi connectivity index (χ4v) is 3.47. The number of fused-ring (bicyclic) bond motifs is 3. The van der Waals surface area contributed by atoms with Gasteiger partial charge in [0.15, 0.2) is 0 Å². The molecule has 0 aliphatic heterocycles. The molecule has 3 aliphatic carbocycles. The standard InChI is InChI=1S/C14H20O/c1-5-11(3)14(15)9-13(4)7-6-12(14)10(2)8-13/h5,12,15H,1-3,6-9H2,4H3/t12-,13-,14-/m0/s1. The fraction of sp³-hybridized carbons (Fsp3) is 0.571. The van der Waals surface area contributed by atoms with Gasteiger partial charge in [-0.1, -0.05) is 38.3 Å². The molecule has 1 heteroatoms. The Kier molecular flexibility index (Phi) is 2.20. The molecule has 82 valence electrons. The van der Waals surface area contributed by atoms with E-state index in [0.717, 1.165) is 24.8 Å². The second-order valence-electron chi connectivity index (χ2n) is 5.57. The summed E-state index contributed by atoms with van der Waals surface area (Å²) in [6.07, 6.45) is 5.80. The van der Waals surface area contributed by atoms with Gasteiger partial charge in [0.05, 0.1) is 5.60 Å². The highest BCUT2D eigenvalue weighted by molar-refractivity contribution is 5.34. The maximum atomic E-state index is 10.7. The number of rotatable bonds is 2. The van der Waals surface area contributed by atoms with Crippen LogP contribution < -0.4 is 0 Å². The zero-order valence-corrected chi connectivity index (χ0v) is 9.55. The second kappa shape index (κ2) is 3.08. The van der Waals surface area contributed by atoms with E-state index in [1.165, 1.54) is 12.0 Å². The van der Waals surface area contributed by atoms with Crippen LogP contribution in [0, 0.1) is 11.3 Å². The lowest BCUT2D eigenvalue weighted by atomic mass is 9.52. The van der Waals surface area contributed by atoms with Crippen LogP contribution in [0.3, 0.4) is 0 Å². The van der Waals surface area contributed by atoms with Gasteiger partial charge < -0.3 is 5.11 Å². The SMILES string of the molecule is C=CC(=C)[C@@]1(O)C[C@@]2(C)CC[C@H]1C(=C)C2. The molecule has 0 heterocycles. The van der Waals surface area contributed by atoms with Gasteiger partial charge >= 0.3 is 0 Å². The van der Waals surface area contributed by atoms with Gasteiger partial charge in [-0.3, -0.25) is 0 Å². The maximum absolute atomic E-state index is 10.7. The van der Waals surface area contributed by atoms with Crippen LogP contribution in [0.25, 0.3) is 0 Å². The Morgan fingerprint density at radius 3 is 2.73 bits per heavy atom. The first-order valence-electron chi connectivity index (χ1n) is 5.63. The zero-order valence-electron chi connectivity index (χ0n) is 9.55. The predicted octanol–water partition coefficient (Wildman–Crippen LogP) is 3.23. The first-order valence-corrected chi connectivity index (χ1v) is 5.63. The third-order valence-corrected chi connectivity index (χ3v) is 4.26. The lowest BCUT2D eigenvalue weighted by Crippen LogP contribution is -2.53. The van der Waals surface area contributed by atoms with Crippen LogP contribution in [0.1, 0.15) is 32.6 Å². The molecule has 2 bridgehead atoms. The Morgan fingerprint density at radius 2 is 2.27 bits per heavy atom. The summed E-state index contributed by atoms with van der Waals surface area (Å²) in [6.45, 7) is 14.0. The largest absolute Gasteiger partial charge is 0.385 e.